The lowest BCUT2D eigenvalue weighted by molar-refractivity contribution is -0.127. The summed E-state index contributed by atoms with van der Waals surface area (Å²) < 4.78 is 0. The second-order valence-electron chi connectivity index (χ2n) is 6.59. The largest absolute Gasteiger partial charge is 0.368 e. The summed E-state index contributed by atoms with van der Waals surface area (Å²) >= 11 is 0. The van der Waals surface area contributed by atoms with Gasteiger partial charge < -0.3 is 16.0 Å². The van der Waals surface area contributed by atoms with Crippen molar-refractivity contribution in [3.05, 3.63) is 0 Å². The molecule has 0 bridgehead atoms. The van der Waals surface area contributed by atoms with Crippen molar-refractivity contribution < 1.29 is 4.79 Å². The zero-order valence-corrected chi connectivity index (χ0v) is 13.7. The number of hydrogen-bond donors (Lipinski definition) is 2. The second-order valence-corrected chi connectivity index (χ2v) is 6.59. The maximum Gasteiger partial charge on any atom is 0.237 e. The molecule has 5 heteroatoms. The topological polar surface area (TPSA) is 61.6 Å². The van der Waals surface area contributed by atoms with Crippen molar-refractivity contribution >= 4 is 5.91 Å². The van der Waals surface area contributed by atoms with E-state index in [9.17, 15) is 4.79 Å². The Balaban J connectivity index is 1.97. The highest BCUT2D eigenvalue weighted by Gasteiger charge is 2.42. The fourth-order valence-electron chi connectivity index (χ4n) is 3.84. The van der Waals surface area contributed by atoms with Gasteiger partial charge in [-0.2, -0.15) is 0 Å². The van der Waals surface area contributed by atoms with E-state index in [-0.39, 0.29) is 5.91 Å². The molecule has 21 heavy (non-hydrogen) atoms. The van der Waals surface area contributed by atoms with Crippen molar-refractivity contribution in [1.29, 1.82) is 0 Å². The van der Waals surface area contributed by atoms with Crippen molar-refractivity contribution in [2.45, 2.75) is 57.5 Å². The van der Waals surface area contributed by atoms with E-state index in [1.165, 1.54) is 6.42 Å². The van der Waals surface area contributed by atoms with Crippen LogP contribution >= 0.6 is 0 Å². The minimum atomic E-state index is -0.471. The van der Waals surface area contributed by atoms with Crippen LogP contribution in [-0.4, -0.2) is 66.6 Å². The van der Waals surface area contributed by atoms with E-state index >= 15 is 0 Å². The molecule has 1 saturated carbocycles. The fourth-order valence-corrected chi connectivity index (χ4v) is 3.84. The molecule has 3 N–H and O–H groups in total. The summed E-state index contributed by atoms with van der Waals surface area (Å²) in [4.78, 5) is 17.1. The van der Waals surface area contributed by atoms with Gasteiger partial charge in [-0.15, -0.1) is 0 Å². The molecular formula is C16H32N4O. The number of nitrogens with two attached hydrogens (primary N) is 1. The van der Waals surface area contributed by atoms with Crippen LogP contribution in [0.1, 0.15) is 46.0 Å². The first-order valence-corrected chi connectivity index (χ1v) is 8.62. The van der Waals surface area contributed by atoms with E-state index in [0.717, 1.165) is 65.0 Å². The first-order chi connectivity index (χ1) is 10.1. The molecule has 5 nitrogen and oxygen atoms in total. The smallest absolute Gasteiger partial charge is 0.237 e. The lowest BCUT2D eigenvalue weighted by atomic mass is 9.77. The molecule has 1 aliphatic carbocycles. The molecule has 1 heterocycles. The third-order valence-corrected chi connectivity index (χ3v) is 5.28. The number of nitrogens with zero attached hydrogens (tertiary/aromatic N) is 2. The zero-order chi connectivity index (χ0) is 15.3. The van der Waals surface area contributed by atoms with Crippen molar-refractivity contribution in [1.82, 2.24) is 15.1 Å². The summed E-state index contributed by atoms with van der Waals surface area (Å²) in [6, 6.07) is 0.509. The molecule has 0 aromatic carbocycles. The third kappa shape index (κ3) is 3.96. The average Bonchev–Trinajstić information content (AvgIpc) is 2.53. The van der Waals surface area contributed by atoms with Gasteiger partial charge in [-0.05, 0) is 45.2 Å². The zero-order valence-electron chi connectivity index (χ0n) is 13.7. The second kappa shape index (κ2) is 7.56. The summed E-state index contributed by atoms with van der Waals surface area (Å²) in [5.41, 5.74) is 5.28. The van der Waals surface area contributed by atoms with Crippen LogP contribution in [0, 0.1) is 0 Å². The van der Waals surface area contributed by atoms with Crippen molar-refractivity contribution in [2.75, 3.05) is 39.3 Å². The highest BCUT2D eigenvalue weighted by atomic mass is 16.1. The van der Waals surface area contributed by atoms with Crippen LogP contribution in [-0.2, 0) is 4.79 Å². The number of nitrogens with one attached hydrogen (secondary N) is 1. The van der Waals surface area contributed by atoms with Gasteiger partial charge in [0.05, 0.1) is 5.54 Å². The maximum atomic E-state index is 12.0. The Kier molecular flexibility index (Phi) is 6.02. The molecule has 0 aromatic heterocycles. The number of hydrogen-bond acceptors (Lipinski definition) is 4. The van der Waals surface area contributed by atoms with Gasteiger partial charge in [0.25, 0.3) is 0 Å². The first kappa shape index (κ1) is 16.7. The molecule has 1 aliphatic heterocycles. The van der Waals surface area contributed by atoms with Gasteiger partial charge in [0.2, 0.25) is 5.91 Å². The Hall–Kier alpha value is -0.650. The Morgan fingerprint density at radius 2 is 2.00 bits per heavy atom. The molecule has 2 atom stereocenters. The number of piperazine rings is 1. The molecule has 1 saturated heterocycles. The van der Waals surface area contributed by atoms with E-state index in [4.69, 9.17) is 5.73 Å². The lowest BCUT2D eigenvalue weighted by Crippen LogP contribution is -2.62. The number of likely N-dealkylation sites (N-methyl/N-ethyl adjacent to an activating group) is 1. The van der Waals surface area contributed by atoms with Gasteiger partial charge in [-0.25, -0.2) is 0 Å². The van der Waals surface area contributed by atoms with Crippen LogP contribution in [0.4, 0.5) is 0 Å². The predicted molar refractivity (Wildman–Crippen MR) is 86.2 cm³/mol. The van der Waals surface area contributed by atoms with Crippen LogP contribution < -0.4 is 11.1 Å². The normalized spacial score (nSPS) is 32.2. The van der Waals surface area contributed by atoms with Crippen LogP contribution in [0.3, 0.4) is 0 Å². The molecule has 2 unspecified atom stereocenters. The quantitative estimate of drug-likeness (QED) is 0.761. The Bertz CT molecular complexity index is 341. The van der Waals surface area contributed by atoms with E-state index in [0.29, 0.717) is 6.04 Å². The number of carbonyl (C=O) groups excluding carboxylic acids is 1. The van der Waals surface area contributed by atoms with Crippen molar-refractivity contribution in [3.8, 4) is 0 Å². The molecule has 0 spiro atoms. The fraction of sp³-hybridized carbons (Fsp3) is 0.938. The summed E-state index contributed by atoms with van der Waals surface area (Å²) in [6.45, 7) is 10.9. The summed E-state index contributed by atoms with van der Waals surface area (Å²) in [6.07, 6.45) is 5.12. The number of amides is 1. The van der Waals surface area contributed by atoms with Crippen molar-refractivity contribution in [3.63, 3.8) is 0 Å². The third-order valence-electron chi connectivity index (χ3n) is 5.28. The van der Waals surface area contributed by atoms with Crippen LogP contribution in [0.5, 0.6) is 0 Å². The van der Waals surface area contributed by atoms with Gasteiger partial charge in [-0.1, -0.05) is 13.8 Å². The van der Waals surface area contributed by atoms with Crippen LogP contribution in [0.15, 0.2) is 0 Å². The minimum Gasteiger partial charge on any atom is -0.368 e. The maximum absolute atomic E-state index is 12.0. The monoisotopic (exact) mass is 296 g/mol. The number of primary amides is 1. The Morgan fingerprint density at radius 3 is 2.57 bits per heavy atom. The molecule has 122 valence electrons. The van der Waals surface area contributed by atoms with E-state index in [1.54, 1.807) is 0 Å². The van der Waals surface area contributed by atoms with Crippen LogP contribution in [0.25, 0.3) is 0 Å². The van der Waals surface area contributed by atoms with E-state index < -0.39 is 5.54 Å². The minimum absolute atomic E-state index is 0.159. The number of rotatable bonds is 6. The summed E-state index contributed by atoms with van der Waals surface area (Å²) in [5, 5.41) is 3.46. The molecule has 2 rings (SSSR count). The molecule has 2 aliphatic rings. The average molecular weight is 296 g/mol. The van der Waals surface area contributed by atoms with E-state index in [2.05, 4.69) is 29.0 Å². The summed E-state index contributed by atoms with van der Waals surface area (Å²) in [7, 11) is 0. The Labute approximate surface area is 129 Å². The molecular weight excluding hydrogens is 264 g/mol. The predicted octanol–water partition coefficient (Wildman–Crippen LogP) is 0.790. The van der Waals surface area contributed by atoms with Gasteiger partial charge in [0, 0.05) is 32.2 Å². The SMILES string of the molecule is CCCNC1(C(N)=O)CCCC(N2CCN(CC)CC2)C1. The molecule has 2 fully saturated rings. The van der Waals surface area contributed by atoms with Gasteiger partial charge in [0.15, 0.2) is 0 Å². The molecule has 0 radical (unpaired) electrons. The first-order valence-electron chi connectivity index (χ1n) is 8.62. The van der Waals surface area contributed by atoms with Gasteiger partial charge in [0.1, 0.15) is 0 Å². The highest BCUT2D eigenvalue weighted by molar-refractivity contribution is 5.84. The van der Waals surface area contributed by atoms with Gasteiger partial charge in [-0.3, -0.25) is 9.69 Å². The van der Waals surface area contributed by atoms with Gasteiger partial charge >= 0.3 is 0 Å². The summed E-state index contributed by atoms with van der Waals surface area (Å²) in [5.74, 6) is -0.159. The van der Waals surface area contributed by atoms with Crippen molar-refractivity contribution in [2.24, 2.45) is 5.73 Å². The van der Waals surface area contributed by atoms with E-state index in [1.807, 2.05) is 0 Å². The lowest BCUT2D eigenvalue weighted by Gasteiger charge is -2.46. The molecule has 1 amide bonds. The molecule has 0 aromatic rings. The van der Waals surface area contributed by atoms with Crippen LogP contribution in [0.2, 0.25) is 0 Å². The highest BCUT2D eigenvalue weighted by Crippen LogP contribution is 2.31. The number of carbonyl (C=O) groups is 1. The standard InChI is InChI=1S/C16H32N4O/c1-3-8-18-16(15(17)21)7-5-6-14(13-16)20-11-9-19(4-2)10-12-20/h14,18H,3-13H2,1-2H3,(H2,17,21). The Morgan fingerprint density at radius 1 is 1.29 bits per heavy atom.